The minimum atomic E-state index is -3.73. The van der Waals surface area contributed by atoms with Crippen molar-refractivity contribution in [1.82, 2.24) is 10.2 Å². The van der Waals surface area contributed by atoms with Crippen LogP contribution in [0, 0.1) is 13.8 Å². The monoisotopic (exact) mass is 470 g/mol. The van der Waals surface area contributed by atoms with Crippen LogP contribution in [0.1, 0.15) is 43.9 Å². The zero-order valence-corrected chi connectivity index (χ0v) is 20.7. The van der Waals surface area contributed by atoms with Crippen molar-refractivity contribution in [2.24, 2.45) is 0 Å². The minimum absolute atomic E-state index is 0.0448. The van der Waals surface area contributed by atoms with Crippen molar-refractivity contribution in [3.05, 3.63) is 28.8 Å². The minimum Gasteiger partial charge on any atom is -0.496 e. The maximum absolute atomic E-state index is 12.9. The normalized spacial score (nSPS) is 19.0. The molecule has 1 aromatic rings. The van der Waals surface area contributed by atoms with Crippen molar-refractivity contribution >= 4 is 22.1 Å². The van der Waals surface area contributed by atoms with E-state index >= 15 is 0 Å². The van der Waals surface area contributed by atoms with Crippen molar-refractivity contribution in [2.75, 3.05) is 26.5 Å². The standard InChI is InChI=1S/C22H34N2O7S/c1-14-15(2)19(29-6)9-8-16(14)10-11-23-20(25)18-12-17(31-32(7,27)28)13-24(18)21(26)30-22(3,4)5/h8-9,17-18H,10-13H2,1-7H3,(H,23,25)/t17-,18+/m1/s1. The topological polar surface area (TPSA) is 111 Å². The number of benzene rings is 1. The van der Waals surface area contributed by atoms with E-state index in [2.05, 4.69) is 5.32 Å². The predicted molar refractivity (Wildman–Crippen MR) is 120 cm³/mol. The van der Waals surface area contributed by atoms with Gasteiger partial charge in [-0.15, -0.1) is 0 Å². The quantitative estimate of drug-likeness (QED) is 0.609. The number of hydrogen-bond donors (Lipinski definition) is 1. The van der Waals surface area contributed by atoms with Gasteiger partial charge in [0, 0.05) is 13.0 Å². The molecule has 1 aliphatic heterocycles. The van der Waals surface area contributed by atoms with E-state index < -0.39 is 34.0 Å². The largest absolute Gasteiger partial charge is 0.496 e. The second-order valence-corrected chi connectivity index (χ2v) is 10.6. The summed E-state index contributed by atoms with van der Waals surface area (Å²) in [6.07, 6.45) is 0.125. The fourth-order valence-electron chi connectivity index (χ4n) is 3.67. The Hall–Kier alpha value is -2.33. The number of amides is 2. The molecule has 0 aromatic heterocycles. The van der Waals surface area contributed by atoms with Crippen LogP contribution in [0.5, 0.6) is 5.75 Å². The van der Waals surface area contributed by atoms with Gasteiger partial charge in [-0.2, -0.15) is 8.42 Å². The van der Waals surface area contributed by atoms with Gasteiger partial charge in [0.05, 0.1) is 26.0 Å². The maximum Gasteiger partial charge on any atom is 0.411 e. The summed E-state index contributed by atoms with van der Waals surface area (Å²) in [5, 5.41) is 2.85. The van der Waals surface area contributed by atoms with E-state index in [1.54, 1.807) is 27.9 Å². The summed E-state index contributed by atoms with van der Waals surface area (Å²) < 4.78 is 38.8. The van der Waals surface area contributed by atoms with Gasteiger partial charge in [-0.25, -0.2) is 4.79 Å². The number of likely N-dealkylation sites (tertiary alicyclic amines) is 1. The van der Waals surface area contributed by atoms with Gasteiger partial charge in [0.15, 0.2) is 0 Å². The van der Waals surface area contributed by atoms with Crippen LogP contribution >= 0.6 is 0 Å². The summed E-state index contributed by atoms with van der Waals surface area (Å²) in [7, 11) is -2.10. The van der Waals surface area contributed by atoms with E-state index in [4.69, 9.17) is 13.7 Å². The number of hydrogen-bond acceptors (Lipinski definition) is 7. The zero-order chi connectivity index (χ0) is 24.3. The number of ether oxygens (including phenoxy) is 2. The number of nitrogens with zero attached hydrogens (tertiary/aromatic N) is 1. The van der Waals surface area contributed by atoms with Gasteiger partial charge in [-0.05, 0) is 63.8 Å². The Morgan fingerprint density at radius 3 is 2.41 bits per heavy atom. The number of carbonyl (C=O) groups is 2. The molecule has 32 heavy (non-hydrogen) atoms. The molecule has 1 fully saturated rings. The van der Waals surface area contributed by atoms with Gasteiger partial charge in [0.2, 0.25) is 5.91 Å². The summed E-state index contributed by atoms with van der Waals surface area (Å²) in [6, 6.07) is 2.98. The Balaban J connectivity index is 2.07. The average Bonchev–Trinajstić information content (AvgIpc) is 3.06. The Morgan fingerprint density at radius 2 is 1.84 bits per heavy atom. The van der Waals surface area contributed by atoms with E-state index in [9.17, 15) is 18.0 Å². The number of carbonyl (C=O) groups excluding carboxylic acids is 2. The third kappa shape index (κ3) is 7.09. The van der Waals surface area contributed by atoms with Gasteiger partial charge >= 0.3 is 6.09 Å². The summed E-state index contributed by atoms with van der Waals surface area (Å²) in [5.74, 6) is 0.435. The SMILES string of the molecule is COc1ccc(CCNC(=O)[C@@H]2C[C@@H](OS(C)(=O)=O)CN2C(=O)OC(C)(C)C)c(C)c1C. The highest BCUT2D eigenvalue weighted by Gasteiger charge is 2.43. The molecular formula is C22H34N2O7S. The first kappa shape index (κ1) is 25.9. The molecular weight excluding hydrogens is 436 g/mol. The fraction of sp³-hybridized carbons (Fsp3) is 0.636. The highest BCUT2D eigenvalue weighted by Crippen LogP contribution is 2.26. The number of rotatable bonds is 7. The van der Waals surface area contributed by atoms with E-state index in [1.807, 2.05) is 26.0 Å². The molecule has 9 nitrogen and oxygen atoms in total. The van der Waals surface area contributed by atoms with Gasteiger partial charge in [0.1, 0.15) is 17.4 Å². The highest BCUT2D eigenvalue weighted by molar-refractivity contribution is 7.86. The van der Waals surface area contributed by atoms with Crippen LogP contribution in [0.15, 0.2) is 12.1 Å². The van der Waals surface area contributed by atoms with Gasteiger partial charge in [0.25, 0.3) is 10.1 Å². The maximum atomic E-state index is 12.9. The molecule has 1 aliphatic rings. The molecule has 2 atom stereocenters. The molecule has 0 radical (unpaired) electrons. The van der Waals surface area contributed by atoms with Crippen LogP contribution in [0.3, 0.4) is 0 Å². The van der Waals surface area contributed by atoms with Crippen molar-refractivity contribution in [2.45, 2.75) is 65.2 Å². The first-order chi connectivity index (χ1) is 14.7. The third-order valence-electron chi connectivity index (χ3n) is 5.27. The van der Waals surface area contributed by atoms with Crippen LogP contribution in [-0.4, -0.2) is 69.5 Å². The van der Waals surface area contributed by atoms with E-state index in [0.717, 1.165) is 28.7 Å². The molecule has 0 saturated carbocycles. The summed E-state index contributed by atoms with van der Waals surface area (Å²) in [5.41, 5.74) is 2.47. The molecule has 1 aromatic carbocycles. The van der Waals surface area contributed by atoms with Crippen LogP contribution in [0.25, 0.3) is 0 Å². The smallest absolute Gasteiger partial charge is 0.411 e. The lowest BCUT2D eigenvalue weighted by molar-refractivity contribution is -0.125. The molecule has 0 spiro atoms. The second kappa shape index (κ2) is 10.1. The molecule has 1 saturated heterocycles. The molecule has 1 heterocycles. The van der Waals surface area contributed by atoms with E-state index in [0.29, 0.717) is 13.0 Å². The number of methoxy groups -OCH3 is 1. The molecule has 1 N–H and O–H groups in total. The predicted octanol–water partition coefficient (Wildman–Crippen LogP) is 2.32. The Kier molecular flexibility index (Phi) is 8.17. The van der Waals surface area contributed by atoms with Crippen molar-refractivity contribution in [1.29, 1.82) is 0 Å². The van der Waals surface area contributed by atoms with Crippen LogP contribution in [0.4, 0.5) is 4.79 Å². The summed E-state index contributed by atoms with van der Waals surface area (Å²) >= 11 is 0. The van der Waals surface area contributed by atoms with Crippen molar-refractivity contribution in [3.63, 3.8) is 0 Å². The Bertz CT molecular complexity index is 954. The lowest BCUT2D eigenvalue weighted by atomic mass is 10.00. The average molecular weight is 471 g/mol. The Labute approximate surface area is 190 Å². The molecule has 10 heteroatoms. The van der Waals surface area contributed by atoms with E-state index in [1.165, 1.54) is 4.90 Å². The highest BCUT2D eigenvalue weighted by atomic mass is 32.2. The van der Waals surface area contributed by atoms with Gasteiger partial charge < -0.3 is 14.8 Å². The van der Waals surface area contributed by atoms with Crippen LogP contribution in [0.2, 0.25) is 0 Å². The van der Waals surface area contributed by atoms with Crippen LogP contribution < -0.4 is 10.1 Å². The molecule has 0 aliphatic carbocycles. The molecule has 180 valence electrons. The van der Waals surface area contributed by atoms with Crippen molar-refractivity contribution in [3.8, 4) is 5.75 Å². The molecule has 0 unspecified atom stereocenters. The number of nitrogens with one attached hydrogen (secondary N) is 1. The molecule has 2 rings (SSSR count). The van der Waals surface area contributed by atoms with Crippen molar-refractivity contribution < 1.29 is 31.7 Å². The molecule has 0 bridgehead atoms. The second-order valence-electron chi connectivity index (χ2n) is 9.02. The fourth-order valence-corrected chi connectivity index (χ4v) is 4.30. The third-order valence-corrected chi connectivity index (χ3v) is 5.89. The molecule has 2 amide bonds. The first-order valence-corrected chi connectivity index (χ1v) is 12.3. The lowest BCUT2D eigenvalue weighted by Gasteiger charge is -2.27. The van der Waals surface area contributed by atoms with E-state index in [-0.39, 0.29) is 18.9 Å². The summed E-state index contributed by atoms with van der Waals surface area (Å²) in [6.45, 7) is 9.47. The lowest BCUT2D eigenvalue weighted by Crippen LogP contribution is -2.48. The zero-order valence-electron chi connectivity index (χ0n) is 19.9. The first-order valence-electron chi connectivity index (χ1n) is 10.5. The van der Waals surface area contributed by atoms with Crippen LogP contribution in [-0.2, 0) is 30.3 Å². The van der Waals surface area contributed by atoms with Gasteiger partial charge in [-0.3, -0.25) is 13.9 Å². The summed E-state index contributed by atoms with van der Waals surface area (Å²) in [4.78, 5) is 26.8. The van der Waals surface area contributed by atoms with Gasteiger partial charge in [-0.1, -0.05) is 6.07 Å². The Morgan fingerprint density at radius 1 is 1.19 bits per heavy atom.